The van der Waals surface area contributed by atoms with Crippen LogP contribution in [0.15, 0.2) is 54.6 Å². The number of anilines is 1. The average Bonchev–Trinajstić information content (AvgIpc) is 2.67. The number of methoxy groups -OCH3 is 1. The molecule has 3 rings (SSSR count). The average molecular weight is 363 g/mol. The maximum Gasteiger partial charge on any atom is 0.213 e. The molecule has 3 aromatic rings. The molecule has 5 heteroatoms. The highest BCUT2D eigenvalue weighted by Gasteiger charge is 2.11. The largest absolute Gasteiger partial charge is 0.497 e. The summed E-state index contributed by atoms with van der Waals surface area (Å²) in [5, 5.41) is 1.61. The molecule has 0 saturated carbocycles. The summed E-state index contributed by atoms with van der Waals surface area (Å²) in [5.41, 5.74) is 6.16. The molecule has 27 heavy (non-hydrogen) atoms. The van der Waals surface area contributed by atoms with Gasteiger partial charge in [-0.25, -0.2) is 10.8 Å². The molecule has 1 aromatic heterocycles. The van der Waals surface area contributed by atoms with Crippen molar-refractivity contribution in [3.63, 3.8) is 0 Å². The number of ether oxygens (including phenoxy) is 2. The number of aromatic nitrogens is 1. The van der Waals surface area contributed by atoms with Gasteiger partial charge in [0, 0.05) is 29.9 Å². The van der Waals surface area contributed by atoms with Crippen LogP contribution in [0.5, 0.6) is 11.6 Å². The lowest BCUT2D eigenvalue weighted by atomic mass is 10.0. The minimum absolute atomic E-state index is 0.411. The lowest BCUT2D eigenvalue weighted by Crippen LogP contribution is -2.26. The molecular formula is C22H25N3O2. The van der Waals surface area contributed by atoms with E-state index in [1.54, 1.807) is 12.1 Å². The second-order valence-corrected chi connectivity index (χ2v) is 6.49. The van der Waals surface area contributed by atoms with Crippen LogP contribution >= 0.6 is 0 Å². The summed E-state index contributed by atoms with van der Waals surface area (Å²) in [6.45, 7) is 4.44. The SMILES string of the molecule is COc1cccc(-c2ccc(OCc3c(C)cccc3N(C)N)nc2C)c1. The Hall–Kier alpha value is -3.05. The van der Waals surface area contributed by atoms with Crippen molar-refractivity contribution in [3.05, 3.63) is 71.4 Å². The Morgan fingerprint density at radius 1 is 1.04 bits per heavy atom. The van der Waals surface area contributed by atoms with Gasteiger partial charge in [-0.05, 0) is 49.2 Å². The zero-order chi connectivity index (χ0) is 19.4. The van der Waals surface area contributed by atoms with Crippen LogP contribution in [0.25, 0.3) is 11.1 Å². The Morgan fingerprint density at radius 2 is 1.81 bits per heavy atom. The molecular weight excluding hydrogens is 338 g/mol. The highest BCUT2D eigenvalue weighted by Crippen LogP contribution is 2.28. The third-order valence-electron chi connectivity index (χ3n) is 4.57. The van der Waals surface area contributed by atoms with Gasteiger partial charge in [0.05, 0.1) is 12.8 Å². The van der Waals surface area contributed by atoms with E-state index in [0.29, 0.717) is 12.5 Å². The van der Waals surface area contributed by atoms with E-state index in [-0.39, 0.29) is 0 Å². The van der Waals surface area contributed by atoms with Crippen molar-refractivity contribution in [1.29, 1.82) is 0 Å². The molecule has 0 fully saturated rings. The molecule has 0 unspecified atom stereocenters. The van der Waals surface area contributed by atoms with Crippen LogP contribution in [0.1, 0.15) is 16.8 Å². The Labute approximate surface area is 160 Å². The molecule has 0 radical (unpaired) electrons. The van der Waals surface area contributed by atoms with Crippen molar-refractivity contribution in [1.82, 2.24) is 4.98 Å². The molecule has 2 N–H and O–H groups in total. The summed E-state index contributed by atoms with van der Waals surface area (Å²) in [6.07, 6.45) is 0. The minimum Gasteiger partial charge on any atom is -0.497 e. The van der Waals surface area contributed by atoms with E-state index < -0.39 is 0 Å². The summed E-state index contributed by atoms with van der Waals surface area (Å²) < 4.78 is 11.3. The zero-order valence-electron chi connectivity index (χ0n) is 16.2. The molecule has 1 heterocycles. The first-order valence-electron chi connectivity index (χ1n) is 8.81. The first-order valence-corrected chi connectivity index (χ1v) is 8.81. The van der Waals surface area contributed by atoms with E-state index in [1.165, 1.54) is 0 Å². The maximum atomic E-state index is 5.96. The van der Waals surface area contributed by atoms with Gasteiger partial charge >= 0.3 is 0 Å². The van der Waals surface area contributed by atoms with Gasteiger partial charge in [-0.3, -0.25) is 0 Å². The van der Waals surface area contributed by atoms with Gasteiger partial charge in [-0.15, -0.1) is 0 Å². The number of pyridine rings is 1. The monoisotopic (exact) mass is 363 g/mol. The molecule has 0 amide bonds. The Bertz CT molecular complexity index is 939. The fourth-order valence-electron chi connectivity index (χ4n) is 3.07. The third kappa shape index (κ3) is 4.20. The van der Waals surface area contributed by atoms with Gasteiger partial charge in [-0.1, -0.05) is 24.3 Å². The van der Waals surface area contributed by atoms with Gasteiger partial charge in [0.15, 0.2) is 0 Å². The van der Waals surface area contributed by atoms with Crippen molar-refractivity contribution in [2.75, 3.05) is 19.2 Å². The third-order valence-corrected chi connectivity index (χ3v) is 4.57. The molecule has 0 aliphatic rings. The lowest BCUT2D eigenvalue weighted by Gasteiger charge is -2.19. The fraction of sp³-hybridized carbons (Fsp3) is 0.227. The van der Waals surface area contributed by atoms with Crippen molar-refractivity contribution in [2.45, 2.75) is 20.5 Å². The number of nitrogens with zero attached hydrogens (tertiary/aromatic N) is 2. The molecule has 140 valence electrons. The molecule has 0 spiro atoms. The highest BCUT2D eigenvalue weighted by molar-refractivity contribution is 5.67. The van der Waals surface area contributed by atoms with Crippen LogP contribution in [0, 0.1) is 13.8 Å². The number of hydrogen-bond acceptors (Lipinski definition) is 5. The summed E-state index contributed by atoms with van der Waals surface area (Å²) in [5.74, 6) is 7.35. The zero-order valence-corrected chi connectivity index (χ0v) is 16.2. The topological polar surface area (TPSA) is 60.6 Å². The van der Waals surface area contributed by atoms with Crippen LogP contribution in [0.3, 0.4) is 0 Å². The van der Waals surface area contributed by atoms with E-state index in [0.717, 1.165) is 39.4 Å². The predicted molar refractivity (Wildman–Crippen MR) is 109 cm³/mol. The maximum absolute atomic E-state index is 5.96. The van der Waals surface area contributed by atoms with Crippen molar-refractivity contribution in [2.24, 2.45) is 5.84 Å². The van der Waals surface area contributed by atoms with Crippen molar-refractivity contribution < 1.29 is 9.47 Å². The van der Waals surface area contributed by atoms with Crippen LogP contribution in [-0.2, 0) is 6.61 Å². The minimum atomic E-state index is 0.411. The molecule has 0 atom stereocenters. The Morgan fingerprint density at radius 3 is 2.52 bits per heavy atom. The Balaban J connectivity index is 1.81. The molecule has 0 aliphatic carbocycles. The van der Waals surface area contributed by atoms with Gasteiger partial charge in [0.1, 0.15) is 12.4 Å². The van der Waals surface area contributed by atoms with E-state index in [9.17, 15) is 0 Å². The molecule has 0 saturated heterocycles. The second kappa shape index (κ2) is 8.10. The number of benzene rings is 2. The van der Waals surface area contributed by atoms with E-state index >= 15 is 0 Å². The van der Waals surface area contributed by atoms with Crippen LogP contribution in [0.2, 0.25) is 0 Å². The van der Waals surface area contributed by atoms with Gasteiger partial charge in [0.25, 0.3) is 0 Å². The molecule has 0 bridgehead atoms. The summed E-state index contributed by atoms with van der Waals surface area (Å²) in [7, 11) is 3.49. The quantitative estimate of drug-likeness (QED) is 0.524. The van der Waals surface area contributed by atoms with Crippen molar-refractivity contribution in [3.8, 4) is 22.8 Å². The van der Waals surface area contributed by atoms with E-state index in [1.807, 2.05) is 62.5 Å². The Kier molecular flexibility index (Phi) is 5.62. The van der Waals surface area contributed by atoms with Crippen LogP contribution < -0.4 is 20.3 Å². The highest BCUT2D eigenvalue weighted by atomic mass is 16.5. The summed E-state index contributed by atoms with van der Waals surface area (Å²) in [4.78, 5) is 4.62. The molecule has 0 aliphatic heterocycles. The summed E-state index contributed by atoms with van der Waals surface area (Å²) >= 11 is 0. The van der Waals surface area contributed by atoms with Crippen LogP contribution in [-0.4, -0.2) is 19.1 Å². The predicted octanol–water partition coefficient (Wildman–Crippen LogP) is 4.26. The summed E-state index contributed by atoms with van der Waals surface area (Å²) in [6, 6.07) is 17.9. The number of rotatable bonds is 6. The smallest absolute Gasteiger partial charge is 0.213 e. The second-order valence-electron chi connectivity index (χ2n) is 6.49. The number of hydrogen-bond donors (Lipinski definition) is 1. The first kappa shape index (κ1) is 18.7. The van der Waals surface area contributed by atoms with Gasteiger partial charge in [-0.2, -0.15) is 0 Å². The normalized spacial score (nSPS) is 10.6. The number of nitrogens with two attached hydrogens (primary N) is 1. The van der Waals surface area contributed by atoms with Crippen LogP contribution in [0.4, 0.5) is 5.69 Å². The molecule has 2 aromatic carbocycles. The molecule has 5 nitrogen and oxygen atoms in total. The first-order chi connectivity index (χ1) is 13.0. The van der Waals surface area contributed by atoms with Gasteiger partial charge in [0.2, 0.25) is 5.88 Å². The number of hydrazine groups is 1. The van der Waals surface area contributed by atoms with E-state index in [2.05, 4.69) is 18.0 Å². The van der Waals surface area contributed by atoms with E-state index in [4.69, 9.17) is 15.3 Å². The lowest BCUT2D eigenvalue weighted by molar-refractivity contribution is 0.293. The number of aryl methyl sites for hydroxylation is 2. The van der Waals surface area contributed by atoms with Crippen molar-refractivity contribution >= 4 is 5.69 Å². The fourth-order valence-corrected chi connectivity index (χ4v) is 3.07. The standard InChI is InChI=1S/C22H25N3O2/c1-15-7-5-10-21(25(3)23)20(15)14-27-22-12-11-19(16(2)24-22)17-8-6-9-18(13-17)26-4/h5-13H,14,23H2,1-4H3. The van der Waals surface area contributed by atoms with Gasteiger partial charge < -0.3 is 14.5 Å².